The van der Waals surface area contributed by atoms with Crippen LogP contribution in [0.5, 0.6) is 0 Å². The first-order valence-corrected chi connectivity index (χ1v) is 22.9. The Balaban J connectivity index is 4.02. The third-order valence-electron chi connectivity index (χ3n) is 9.97. The van der Waals surface area contributed by atoms with E-state index in [1.54, 1.807) is 0 Å². The molecule has 52 heavy (non-hydrogen) atoms. The summed E-state index contributed by atoms with van der Waals surface area (Å²) in [5.41, 5.74) is 0. The first-order chi connectivity index (χ1) is 25.6. The summed E-state index contributed by atoms with van der Waals surface area (Å²) in [4.78, 5) is 25.0. The predicted octanol–water partition coefficient (Wildman–Crippen LogP) is 14.9. The molecule has 0 amide bonds. The second-order valence-electron chi connectivity index (χ2n) is 15.3. The molecule has 0 fully saturated rings. The summed E-state index contributed by atoms with van der Waals surface area (Å²) in [6, 6.07) is 0. The Morgan fingerprint density at radius 3 is 1.35 bits per heavy atom. The number of esters is 2. The van der Waals surface area contributed by atoms with Crippen molar-refractivity contribution in [3.8, 4) is 0 Å². The van der Waals surface area contributed by atoms with Gasteiger partial charge < -0.3 is 14.2 Å². The molecule has 0 aliphatic rings. The molecule has 0 saturated carbocycles. The summed E-state index contributed by atoms with van der Waals surface area (Å²) in [6.45, 7) is 7.70. The average molecular weight is 733 g/mol. The minimum atomic E-state index is -0.530. The van der Waals surface area contributed by atoms with Gasteiger partial charge in [0.05, 0.1) is 6.61 Å². The zero-order valence-corrected chi connectivity index (χ0v) is 35.1. The zero-order chi connectivity index (χ0) is 37.8. The fourth-order valence-electron chi connectivity index (χ4n) is 6.55. The van der Waals surface area contributed by atoms with Gasteiger partial charge in [0.15, 0.2) is 6.10 Å². The topological polar surface area (TPSA) is 61.8 Å². The van der Waals surface area contributed by atoms with E-state index in [0.29, 0.717) is 19.4 Å². The Morgan fingerprint density at radius 1 is 0.423 bits per heavy atom. The molecular formula is C47H88O5. The first kappa shape index (κ1) is 50.4. The Morgan fingerprint density at radius 2 is 0.846 bits per heavy atom. The number of allylic oxidation sites excluding steroid dienone is 4. The molecule has 0 rings (SSSR count). The summed E-state index contributed by atoms with van der Waals surface area (Å²) in [6.07, 6.45) is 49.2. The summed E-state index contributed by atoms with van der Waals surface area (Å²) in [7, 11) is 0. The molecule has 0 radical (unpaired) electrons. The van der Waals surface area contributed by atoms with Crippen molar-refractivity contribution in [2.75, 3.05) is 19.8 Å². The second kappa shape index (κ2) is 43.8. The third-order valence-corrected chi connectivity index (χ3v) is 9.97. The van der Waals surface area contributed by atoms with Crippen LogP contribution in [0.25, 0.3) is 0 Å². The largest absolute Gasteiger partial charge is 0.462 e. The van der Waals surface area contributed by atoms with Crippen molar-refractivity contribution in [1.29, 1.82) is 0 Å². The molecule has 0 aromatic carbocycles. The maximum atomic E-state index is 12.5. The minimum absolute atomic E-state index is 0.0862. The summed E-state index contributed by atoms with van der Waals surface area (Å²) >= 11 is 0. The zero-order valence-electron chi connectivity index (χ0n) is 35.1. The first-order valence-electron chi connectivity index (χ1n) is 22.9. The van der Waals surface area contributed by atoms with E-state index in [-0.39, 0.29) is 25.2 Å². The fourth-order valence-corrected chi connectivity index (χ4v) is 6.55. The molecule has 5 heteroatoms. The van der Waals surface area contributed by atoms with Crippen LogP contribution < -0.4 is 0 Å². The highest BCUT2D eigenvalue weighted by molar-refractivity contribution is 5.70. The standard InChI is InChI=1S/C47H88O5/c1-4-7-10-13-15-17-19-21-23-24-25-26-28-30-32-35-37-40-46(48)51-44-45(52-47(49)41-38-34-12-9-6-3)43-50-42-39-36-33-31-29-27-22-20-18-16-14-11-8-5-2/h11,14,18,20,45H,4-10,12-13,15-17,19,21-44H2,1-3H3/b14-11-,20-18-. The van der Waals surface area contributed by atoms with E-state index in [1.165, 1.54) is 154 Å². The van der Waals surface area contributed by atoms with Crippen molar-refractivity contribution in [1.82, 2.24) is 0 Å². The predicted molar refractivity (Wildman–Crippen MR) is 224 cm³/mol. The molecule has 0 aromatic rings. The molecule has 0 bridgehead atoms. The lowest BCUT2D eigenvalue weighted by atomic mass is 10.0. The Bertz CT molecular complexity index is 791. The summed E-state index contributed by atoms with van der Waals surface area (Å²) < 4.78 is 17.2. The van der Waals surface area contributed by atoms with Crippen LogP contribution in [0.2, 0.25) is 0 Å². The number of carbonyl (C=O) groups is 2. The van der Waals surface area contributed by atoms with Crippen molar-refractivity contribution in [2.45, 2.75) is 245 Å². The Hall–Kier alpha value is -1.62. The van der Waals surface area contributed by atoms with Crippen molar-refractivity contribution in [2.24, 2.45) is 0 Å². The Labute approximate surface area is 324 Å². The van der Waals surface area contributed by atoms with Crippen LogP contribution in [-0.2, 0) is 23.8 Å². The van der Waals surface area contributed by atoms with Gasteiger partial charge in [0, 0.05) is 19.4 Å². The third kappa shape index (κ3) is 41.1. The molecule has 0 heterocycles. The Kier molecular flexibility index (Phi) is 42.4. The molecule has 1 unspecified atom stereocenters. The number of rotatable bonds is 42. The molecule has 5 nitrogen and oxygen atoms in total. The summed E-state index contributed by atoms with van der Waals surface area (Å²) in [5.74, 6) is -0.405. The van der Waals surface area contributed by atoms with Gasteiger partial charge >= 0.3 is 11.9 Å². The quantitative estimate of drug-likeness (QED) is 0.0355. The van der Waals surface area contributed by atoms with Crippen LogP contribution in [-0.4, -0.2) is 37.9 Å². The lowest BCUT2D eigenvalue weighted by Gasteiger charge is -2.18. The van der Waals surface area contributed by atoms with Crippen molar-refractivity contribution in [3.05, 3.63) is 24.3 Å². The second-order valence-corrected chi connectivity index (χ2v) is 15.3. The van der Waals surface area contributed by atoms with E-state index in [9.17, 15) is 9.59 Å². The van der Waals surface area contributed by atoms with E-state index >= 15 is 0 Å². The number of hydrogen-bond donors (Lipinski definition) is 0. The van der Waals surface area contributed by atoms with Gasteiger partial charge in [-0.05, 0) is 44.9 Å². The van der Waals surface area contributed by atoms with Crippen molar-refractivity contribution in [3.63, 3.8) is 0 Å². The monoisotopic (exact) mass is 733 g/mol. The molecule has 0 aliphatic carbocycles. The van der Waals surface area contributed by atoms with Gasteiger partial charge in [-0.2, -0.15) is 0 Å². The van der Waals surface area contributed by atoms with Crippen LogP contribution in [0.15, 0.2) is 24.3 Å². The number of carbonyl (C=O) groups excluding carboxylic acids is 2. The molecule has 0 aliphatic heterocycles. The van der Waals surface area contributed by atoms with Gasteiger partial charge in [0.1, 0.15) is 6.61 Å². The average Bonchev–Trinajstić information content (AvgIpc) is 3.14. The van der Waals surface area contributed by atoms with E-state index in [4.69, 9.17) is 14.2 Å². The highest BCUT2D eigenvalue weighted by Gasteiger charge is 2.17. The number of ether oxygens (including phenoxy) is 3. The van der Waals surface area contributed by atoms with Gasteiger partial charge in [-0.1, -0.05) is 206 Å². The molecule has 0 saturated heterocycles. The number of hydrogen-bond acceptors (Lipinski definition) is 5. The van der Waals surface area contributed by atoms with E-state index < -0.39 is 6.10 Å². The fraction of sp³-hybridized carbons (Fsp3) is 0.872. The van der Waals surface area contributed by atoms with Gasteiger partial charge in [-0.15, -0.1) is 0 Å². The van der Waals surface area contributed by atoms with Gasteiger partial charge in [0.2, 0.25) is 0 Å². The highest BCUT2D eigenvalue weighted by Crippen LogP contribution is 2.15. The molecule has 0 N–H and O–H groups in total. The van der Waals surface area contributed by atoms with Crippen LogP contribution in [0, 0.1) is 0 Å². The van der Waals surface area contributed by atoms with Crippen LogP contribution >= 0.6 is 0 Å². The highest BCUT2D eigenvalue weighted by atomic mass is 16.6. The van der Waals surface area contributed by atoms with Gasteiger partial charge in [-0.3, -0.25) is 9.59 Å². The van der Waals surface area contributed by atoms with Crippen molar-refractivity contribution >= 4 is 11.9 Å². The van der Waals surface area contributed by atoms with Crippen LogP contribution in [0.1, 0.15) is 239 Å². The van der Waals surface area contributed by atoms with Crippen molar-refractivity contribution < 1.29 is 23.8 Å². The van der Waals surface area contributed by atoms with E-state index in [2.05, 4.69) is 45.1 Å². The summed E-state index contributed by atoms with van der Waals surface area (Å²) in [5, 5.41) is 0. The lowest BCUT2D eigenvalue weighted by Crippen LogP contribution is -2.30. The maximum Gasteiger partial charge on any atom is 0.306 e. The van der Waals surface area contributed by atoms with E-state index in [0.717, 1.165) is 51.4 Å². The molecule has 0 aromatic heterocycles. The van der Waals surface area contributed by atoms with Crippen LogP contribution in [0.3, 0.4) is 0 Å². The SMILES string of the molecule is CCC/C=C\C/C=C\CCCCCCCCOCC(COC(=O)CCCCCCCCCCCCCCCCCCC)OC(=O)CCCCCCC. The normalized spacial score (nSPS) is 12.3. The van der Waals surface area contributed by atoms with E-state index in [1.807, 2.05) is 0 Å². The van der Waals surface area contributed by atoms with Gasteiger partial charge in [-0.25, -0.2) is 0 Å². The molecule has 306 valence electrons. The van der Waals surface area contributed by atoms with Crippen LogP contribution in [0.4, 0.5) is 0 Å². The van der Waals surface area contributed by atoms with Gasteiger partial charge in [0.25, 0.3) is 0 Å². The molecule has 1 atom stereocenters. The minimum Gasteiger partial charge on any atom is -0.462 e. The molecule has 0 spiro atoms. The number of unbranched alkanes of at least 4 members (excludes halogenated alkanes) is 27. The smallest absolute Gasteiger partial charge is 0.306 e. The maximum absolute atomic E-state index is 12.5. The lowest BCUT2D eigenvalue weighted by molar-refractivity contribution is -0.163. The molecular weight excluding hydrogens is 645 g/mol.